The molecule has 0 radical (unpaired) electrons. The third kappa shape index (κ3) is 5.09. The quantitative estimate of drug-likeness (QED) is 0.321. The normalized spacial score (nSPS) is 10.4. The van der Waals surface area contributed by atoms with Crippen LogP contribution in [0, 0.1) is 6.92 Å². The summed E-state index contributed by atoms with van der Waals surface area (Å²) in [6, 6.07) is 10.5. The van der Waals surface area contributed by atoms with Gasteiger partial charge in [-0.25, -0.2) is 5.84 Å². The molecule has 8 heteroatoms. The van der Waals surface area contributed by atoms with Gasteiger partial charge in [0, 0.05) is 11.6 Å². The number of hydrogen-bond acceptors (Lipinski definition) is 4. The van der Waals surface area contributed by atoms with Crippen molar-refractivity contribution in [2.24, 2.45) is 5.84 Å². The number of carbonyl (C=O) groups is 2. The second-order valence-corrected chi connectivity index (χ2v) is 6.39. The minimum atomic E-state index is -0.646. The maximum absolute atomic E-state index is 12.3. The summed E-state index contributed by atoms with van der Waals surface area (Å²) in [5.41, 5.74) is 7.96. The van der Waals surface area contributed by atoms with Crippen molar-refractivity contribution >= 4 is 40.7 Å². The summed E-state index contributed by atoms with van der Waals surface area (Å²) in [4.78, 5) is 24.3. The average molecular weight is 381 g/mol. The number of anilines is 1. The van der Waals surface area contributed by atoms with E-state index in [2.05, 4.69) is 5.32 Å². The largest absolute Gasteiger partial charge is 0.397 e. The van der Waals surface area contributed by atoms with E-state index in [1.165, 1.54) is 12.1 Å². The van der Waals surface area contributed by atoms with E-state index in [-0.39, 0.29) is 27.8 Å². The zero-order chi connectivity index (χ0) is 18.6. The van der Waals surface area contributed by atoms with Crippen LogP contribution in [0.1, 0.15) is 21.5 Å². The van der Waals surface area contributed by atoms with Gasteiger partial charge in [0.1, 0.15) is 6.54 Å². The molecule has 5 N–H and O–H groups in total. The Morgan fingerprint density at radius 1 is 1.16 bits per heavy atom. The minimum Gasteiger partial charge on any atom is -0.397 e. The lowest BCUT2D eigenvalue weighted by atomic mass is 10.1. The smallest absolute Gasteiger partial charge is 0.270 e. The summed E-state index contributed by atoms with van der Waals surface area (Å²) >= 11 is 11.8. The van der Waals surface area contributed by atoms with Gasteiger partial charge in [-0.2, -0.15) is 0 Å². The Hall–Kier alpha value is -2.28. The Labute approximate surface area is 155 Å². The highest BCUT2D eigenvalue weighted by molar-refractivity contribution is 6.37. The Morgan fingerprint density at radius 3 is 2.44 bits per heavy atom. The third-order valence-electron chi connectivity index (χ3n) is 3.51. The number of nitrogens with zero attached hydrogens (tertiary/aromatic N) is 1. The van der Waals surface area contributed by atoms with E-state index >= 15 is 0 Å². The van der Waals surface area contributed by atoms with E-state index in [4.69, 9.17) is 34.8 Å². The number of amides is 2. The number of halogens is 2. The number of nitrogen functional groups attached to an aromatic ring is 1. The number of nitrogens with two attached hydrogens (primary N) is 2. The highest BCUT2D eigenvalue weighted by Crippen LogP contribution is 2.28. The number of hydrogen-bond donors (Lipinski definition) is 3. The number of carbonyl (C=O) groups excluding carboxylic acids is 2. The van der Waals surface area contributed by atoms with Gasteiger partial charge in [0.25, 0.3) is 5.91 Å². The molecule has 2 aromatic rings. The number of benzene rings is 2. The summed E-state index contributed by atoms with van der Waals surface area (Å²) in [5, 5.41) is 3.86. The van der Waals surface area contributed by atoms with E-state index in [0.29, 0.717) is 6.54 Å². The molecule has 2 aromatic carbocycles. The maximum atomic E-state index is 12.3. The van der Waals surface area contributed by atoms with E-state index in [9.17, 15) is 9.59 Å². The lowest BCUT2D eigenvalue weighted by molar-refractivity contribution is -0.122. The molecular weight excluding hydrogens is 363 g/mol. The standard InChI is InChI=1S/C17H18Cl2N4O2/c1-10-2-4-11(5-3-10)8-22-15(24)9-23(21)17(25)13-6-12(18)7-14(19)16(13)20/h2-7H,8-9,20-21H2,1H3,(H,22,24). The second kappa shape index (κ2) is 8.20. The van der Waals surface area contributed by atoms with Crippen LogP contribution in [0.15, 0.2) is 36.4 Å². The van der Waals surface area contributed by atoms with Crippen LogP contribution in [0.25, 0.3) is 0 Å². The molecule has 2 rings (SSSR count). The van der Waals surface area contributed by atoms with Gasteiger partial charge in [0.05, 0.1) is 16.3 Å². The van der Waals surface area contributed by atoms with Crippen LogP contribution >= 0.6 is 23.2 Å². The van der Waals surface area contributed by atoms with Crippen LogP contribution in [0.2, 0.25) is 10.0 Å². The molecule has 0 bridgehead atoms. The van der Waals surface area contributed by atoms with Crippen molar-refractivity contribution in [3.8, 4) is 0 Å². The van der Waals surface area contributed by atoms with Crippen molar-refractivity contribution < 1.29 is 9.59 Å². The molecule has 2 amide bonds. The Bertz CT molecular complexity index is 794. The molecule has 25 heavy (non-hydrogen) atoms. The summed E-state index contributed by atoms with van der Waals surface area (Å²) in [7, 11) is 0. The van der Waals surface area contributed by atoms with Gasteiger partial charge >= 0.3 is 0 Å². The first-order valence-corrected chi connectivity index (χ1v) is 8.17. The number of aryl methyl sites for hydroxylation is 1. The van der Waals surface area contributed by atoms with Crippen molar-refractivity contribution in [2.45, 2.75) is 13.5 Å². The lowest BCUT2D eigenvalue weighted by Gasteiger charge is -2.18. The fraction of sp³-hybridized carbons (Fsp3) is 0.176. The van der Waals surface area contributed by atoms with Crippen molar-refractivity contribution in [1.29, 1.82) is 0 Å². The zero-order valence-electron chi connectivity index (χ0n) is 13.6. The summed E-state index contributed by atoms with van der Waals surface area (Å²) in [6.07, 6.45) is 0. The number of rotatable bonds is 5. The predicted molar refractivity (Wildman–Crippen MR) is 99.1 cm³/mol. The van der Waals surface area contributed by atoms with Crippen molar-refractivity contribution in [3.05, 3.63) is 63.1 Å². The van der Waals surface area contributed by atoms with Crippen LogP contribution in [0.5, 0.6) is 0 Å². The third-order valence-corrected chi connectivity index (χ3v) is 4.04. The second-order valence-electron chi connectivity index (χ2n) is 5.54. The SMILES string of the molecule is Cc1ccc(CNC(=O)CN(N)C(=O)c2cc(Cl)cc(Cl)c2N)cc1. The van der Waals surface area contributed by atoms with Crippen LogP contribution in [0.4, 0.5) is 5.69 Å². The van der Waals surface area contributed by atoms with Gasteiger partial charge in [-0.3, -0.25) is 14.6 Å². The van der Waals surface area contributed by atoms with E-state index < -0.39 is 11.8 Å². The summed E-state index contributed by atoms with van der Waals surface area (Å²) in [6.45, 7) is 1.99. The highest BCUT2D eigenvalue weighted by Gasteiger charge is 2.20. The Morgan fingerprint density at radius 2 is 1.80 bits per heavy atom. The predicted octanol–water partition coefficient (Wildman–Crippen LogP) is 2.52. The van der Waals surface area contributed by atoms with Crippen molar-refractivity contribution in [3.63, 3.8) is 0 Å². The average Bonchev–Trinajstić information content (AvgIpc) is 2.57. The Balaban J connectivity index is 1.96. The number of nitrogens with one attached hydrogen (secondary N) is 1. The van der Waals surface area contributed by atoms with Crippen molar-refractivity contribution in [2.75, 3.05) is 12.3 Å². The molecule has 0 aliphatic rings. The first-order chi connectivity index (χ1) is 11.8. The maximum Gasteiger partial charge on any atom is 0.270 e. The molecule has 132 valence electrons. The van der Waals surface area contributed by atoms with Gasteiger partial charge in [-0.1, -0.05) is 53.0 Å². The minimum absolute atomic E-state index is 0.0475. The zero-order valence-corrected chi connectivity index (χ0v) is 15.1. The molecule has 0 saturated heterocycles. The first kappa shape index (κ1) is 19.1. The van der Waals surface area contributed by atoms with Gasteiger partial charge < -0.3 is 11.1 Å². The number of hydrazine groups is 1. The lowest BCUT2D eigenvalue weighted by Crippen LogP contribution is -2.45. The fourth-order valence-electron chi connectivity index (χ4n) is 2.11. The molecule has 0 spiro atoms. The monoisotopic (exact) mass is 380 g/mol. The van der Waals surface area contributed by atoms with Gasteiger partial charge in [-0.05, 0) is 24.6 Å². The molecule has 0 unspecified atom stereocenters. The summed E-state index contributed by atoms with van der Waals surface area (Å²) in [5.74, 6) is 4.64. The van der Waals surface area contributed by atoms with E-state index in [1.807, 2.05) is 31.2 Å². The molecule has 0 aromatic heterocycles. The fourth-order valence-corrected chi connectivity index (χ4v) is 2.60. The molecule has 6 nitrogen and oxygen atoms in total. The van der Waals surface area contributed by atoms with Gasteiger partial charge in [-0.15, -0.1) is 0 Å². The molecule has 0 fully saturated rings. The molecule has 0 atom stereocenters. The highest BCUT2D eigenvalue weighted by atomic mass is 35.5. The topological polar surface area (TPSA) is 101 Å². The Kier molecular flexibility index (Phi) is 6.25. The van der Waals surface area contributed by atoms with Gasteiger partial charge in [0.2, 0.25) is 5.91 Å². The van der Waals surface area contributed by atoms with E-state index in [0.717, 1.165) is 16.1 Å². The van der Waals surface area contributed by atoms with Crippen LogP contribution < -0.4 is 16.9 Å². The first-order valence-electron chi connectivity index (χ1n) is 7.41. The molecule has 0 heterocycles. The molecule has 0 aliphatic heterocycles. The van der Waals surface area contributed by atoms with Crippen LogP contribution in [0.3, 0.4) is 0 Å². The summed E-state index contributed by atoms with van der Waals surface area (Å²) < 4.78 is 0. The van der Waals surface area contributed by atoms with E-state index in [1.54, 1.807) is 0 Å². The van der Waals surface area contributed by atoms with Crippen molar-refractivity contribution in [1.82, 2.24) is 10.3 Å². The van der Waals surface area contributed by atoms with Crippen LogP contribution in [-0.4, -0.2) is 23.4 Å². The van der Waals surface area contributed by atoms with Gasteiger partial charge in [0.15, 0.2) is 0 Å². The molecule has 0 aliphatic carbocycles. The molecule has 0 saturated carbocycles. The van der Waals surface area contributed by atoms with Crippen LogP contribution in [-0.2, 0) is 11.3 Å². The molecular formula is C17H18Cl2N4O2.